The molecule has 1 amide bonds. The van der Waals surface area contributed by atoms with Gasteiger partial charge in [0.2, 0.25) is 5.91 Å². The van der Waals surface area contributed by atoms with Crippen molar-refractivity contribution < 1.29 is 14.7 Å². The molecule has 0 bridgehead atoms. The molecular weight excluding hydrogens is 244 g/mol. The number of hydrogen-bond acceptors (Lipinski definition) is 3. The molecule has 0 radical (unpaired) electrons. The molecule has 2 unspecified atom stereocenters. The Balaban J connectivity index is 1.99. The predicted molar refractivity (Wildman–Crippen MR) is 69.3 cm³/mol. The Hall–Kier alpha value is -1.91. The van der Waals surface area contributed by atoms with Gasteiger partial charge in [-0.25, -0.2) is 0 Å². The van der Waals surface area contributed by atoms with Gasteiger partial charge in [-0.2, -0.15) is 0 Å². The van der Waals surface area contributed by atoms with Gasteiger partial charge in [0.05, 0.1) is 23.6 Å². The van der Waals surface area contributed by atoms with Crippen LogP contribution in [0.5, 0.6) is 0 Å². The molecule has 0 spiro atoms. The molecule has 0 aromatic carbocycles. The van der Waals surface area contributed by atoms with Gasteiger partial charge in [0.1, 0.15) is 0 Å². The molecular formula is C14H18N2O3. The first kappa shape index (κ1) is 13.5. The molecule has 1 aromatic rings. The largest absolute Gasteiger partial charge is 0.481 e. The van der Waals surface area contributed by atoms with E-state index in [1.165, 1.54) is 0 Å². The number of pyridine rings is 1. The first-order chi connectivity index (χ1) is 9.09. The summed E-state index contributed by atoms with van der Waals surface area (Å²) in [6, 6.07) is 5.31. The average molecular weight is 262 g/mol. The Morgan fingerprint density at radius 3 is 2.74 bits per heavy atom. The minimum absolute atomic E-state index is 0.178. The van der Waals surface area contributed by atoms with Gasteiger partial charge in [-0.1, -0.05) is 12.5 Å². The lowest BCUT2D eigenvalue weighted by Gasteiger charge is -2.19. The summed E-state index contributed by atoms with van der Waals surface area (Å²) in [5, 5.41) is 11.9. The van der Waals surface area contributed by atoms with E-state index in [1.54, 1.807) is 6.20 Å². The van der Waals surface area contributed by atoms with Crippen molar-refractivity contribution in [3.05, 3.63) is 30.1 Å². The number of nitrogens with zero attached hydrogens (tertiary/aromatic N) is 1. The summed E-state index contributed by atoms with van der Waals surface area (Å²) < 4.78 is 0. The smallest absolute Gasteiger partial charge is 0.307 e. The van der Waals surface area contributed by atoms with Crippen LogP contribution in [-0.4, -0.2) is 22.0 Å². The van der Waals surface area contributed by atoms with Gasteiger partial charge in [0, 0.05) is 6.20 Å². The fourth-order valence-corrected chi connectivity index (χ4v) is 2.60. The molecule has 2 N–H and O–H groups in total. The van der Waals surface area contributed by atoms with Crippen molar-refractivity contribution in [2.45, 2.75) is 32.2 Å². The number of nitrogens with one attached hydrogen (secondary N) is 1. The zero-order valence-corrected chi connectivity index (χ0v) is 10.9. The van der Waals surface area contributed by atoms with Gasteiger partial charge < -0.3 is 10.4 Å². The molecule has 5 nitrogen and oxygen atoms in total. The zero-order valence-electron chi connectivity index (χ0n) is 10.9. The van der Waals surface area contributed by atoms with Crippen LogP contribution in [0.3, 0.4) is 0 Å². The second kappa shape index (κ2) is 5.82. The molecule has 1 aliphatic carbocycles. The van der Waals surface area contributed by atoms with Gasteiger partial charge >= 0.3 is 5.97 Å². The molecule has 1 aromatic heterocycles. The van der Waals surface area contributed by atoms with Crippen LogP contribution in [0.25, 0.3) is 0 Å². The number of hydrogen-bond donors (Lipinski definition) is 2. The Labute approximate surface area is 112 Å². The molecule has 102 valence electrons. The third-order valence-corrected chi connectivity index (χ3v) is 3.66. The van der Waals surface area contributed by atoms with Crippen molar-refractivity contribution in [3.8, 4) is 0 Å². The SMILES string of the molecule is C[C@@H](NC(=O)C1CCCC1C(=O)O)c1ccccn1. The Kier molecular flexibility index (Phi) is 4.14. The van der Waals surface area contributed by atoms with Crippen LogP contribution in [0.15, 0.2) is 24.4 Å². The first-order valence-electron chi connectivity index (χ1n) is 6.53. The summed E-state index contributed by atoms with van der Waals surface area (Å²) in [7, 11) is 0. The highest BCUT2D eigenvalue weighted by molar-refractivity contribution is 5.85. The van der Waals surface area contributed by atoms with Crippen LogP contribution in [0, 0.1) is 11.8 Å². The second-order valence-corrected chi connectivity index (χ2v) is 4.97. The van der Waals surface area contributed by atoms with E-state index in [2.05, 4.69) is 10.3 Å². The van der Waals surface area contributed by atoms with Gasteiger partial charge in [-0.15, -0.1) is 0 Å². The highest BCUT2D eigenvalue weighted by Crippen LogP contribution is 2.32. The van der Waals surface area contributed by atoms with Crippen molar-refractivity contribution in [3.63, 3.8) is 0 Å². The third-order valence-electron chi connectivity index (χ3n) is 3.66. The number of carboxylic acids is 1. The summed E-state index contributed by atoms with van der Waals surface area (Å²) >= 11 is 0. The van der Waals surface area contributed by atoms with Crippen LogP contribution < -0.4 is 5.32 Å². The first-order valence-corrected chi connectivity index (χ1v) is 6.53. The minimum Gasteiger partial charge on any atom is -0.481 e. The van der Waals surface area contributed by atoms with Crippen LogP contribution in [-0.2, 0) is 9.59 Å². The number of carboxylic acid groups (broad SMARTS) is 1. The second-order valence-electron chi connectivity index (χ2n) is 4.97. The third kappa shape index (κ3) is 3.10. The van der Waals surface area contributed by atoms with Crippen molar-refractivity contribution >= 4 is 11.9 Å². The molecule has 5 heteroatoms. The van der Waals surface area contributed by atoms with Crippen LogP contribution in [0.2, 0.25) is 0 Å². The molecule has 2 rings (SSSR count). The average Bonchev–Trinajstić information content (AvgIpc) is 2.89. The lowest BCUT2D eigenvalue weighted by molar-refractivity contribution is -0.146. The maximum Gasteiger partial charge on any atom is 0.307 e. The summed E-state index contributed by atoms with van der Waals surface area (Å²) in [5.41, 5.74) is 0.778. The summed E-state index contributed by atoms with van der Waals surface area (Å²) in [6.45, 7) is 1.85. The number of rotatable bonds is 4. The van der Waals surface area contributed by atoms with Crippen molar-refractivity contribution in [2.24, 2.45) is 11.8 Å². The lowest BCUT2D eigenvalue weighted by Crippen LogP contribution is -2.36. The molecule has 1 fully saturated rings. The number of aliphatic carboxylic acids is 1. The number of amides is 1. The van der Waals surface area contributed by atoms with Gasteiger partial charge in [0.15, 0.2) is 0 Å². The highest BCUT2D eigenvalue weighted by atomic mass is 16.4. The fraction of sp³-hybridized carbons (Fsp3) is 0.500. The monoisotopic (exact) mass is 262 g/mol. The van der Waals surface area contributed by atoms with Crippen LogP contribution in [0.1, 0.15) is 37.9 Å². The van der Waals surface area contributed by atoms with E-state index >= 15 is 0 Å². The topological polar surface area (TPSA) is 79.3 Å². The minimum atomic E-state index is -0.872. The van der Waals surface area contributed by atoms with E-state index < -0.39 is 17.8 Å². The zero-order chi connectivity index (χ0) is 13.8. The standard InChI is InChI=1S/C14H18N2O3/c1-9(12-7-2-3-8-15-12)16-13(17)10-5-4-6-11(10)14(18)19/h2-3,7-11H,4-6H2,1H3,(H,16,17)(H,18,19)/t9-,10?,11?/m1/s1. The number of carbonyl (C=O) groups is 2. The normalized spacial score (nSPS) is 23.8. The van der Waals surface area contributed by atoms with E-state index in [9.17, 15) is 9.59 Å². The van der Waals surface area contributed by atoms with Gasteiger partial charge in [0.25, 0.3) is 0 Å². The highest BCUT2D eigenvalue weighted by Gasteiger charge is 2.38. The van der Waals surface area contributed by atoms with Gasteiger partial charge in [-0.3, -0.25) is 14.6 Å². The van der Waals surface area contributed by atoms with E-state index in [1.807, 2.05) is 25.1 Å². The van der Waals surface area contributed by atoms with Crippen molar-refractivity contribution in [1.82, 2.24) is 10.3 Å². The Bertz CT molecular complexity index is 461. The summed E-state index contributed by atoms with van der Waals surface area (Å²) in [4.78, 5) is 27.4. The summed E-state index contributed by atoms with van der Waals surface area (Å²) in [5.74, 6) is -2.01. The summed E-state index contributed by atoms with van der Waals surface area (Å²) in [6.07, 6.45) is 3.71. The predicted octanol–water partition coefficient (Wildman–Crippen LogP) is 1.76. The van der Waals surface area contributed by atoms with E-state index in [0.717, 1.165) is 12.1 Å². The van der Waals surface area contributed by atoms with Crippen LogP contribution in [0.4, 0.5) is 0 Å². The van der Waals surface area contributed by atoms with E-state index in [0.29, 0.717) is 12.8 Å². The van der Waals surface area contributed by atoms with Crippen LogP contribution >= 0.6 is 0 Å². The lowest BCUT2D eigenvalue weighted by atomic mass is 9.95. The Morgan fingerprint density at radius 1 is 1.37 bits per heavy atom. The number of carbonyl (C=O) groups excluding carboxylic acids is 1. The quantitative estimate of drug-likeness (QED) is 0.866. The molecule has 1 saturated carbocycles. The molecule has 0 aliphatic heterocycles. The maximum atomic E-state index is 12.1. The fourth-order valence-electron chi connectivity index (χ4n) is 2.60. The molecule has 1 heterocycles. The van der Waals surface area contributed by atoms with Crippen molar-refractivity contribution in [1.29, 1.82) is 0 Å². The Morgan fingerprint density at radius 2 is 2.11 bits per heavy atom. The molecule has 3 atom stereocenters. The van der Waals surface area contributed by atoms with E-state index in [-0.39, 0.29) is 11.9 Å². The maximum absolute atomic E-state index is 12.1. The van der Waals surface area contributed by atoms with Crippen molar-refractivity contribution in [2.75, 3.05) is 0 Å². The number of aromatic nitrogens is 1. The van der Waals surface area contributed by atoms with E-state index in [4.69, 9.17) is 5.11 Å². The molecule has 19 heavy (non-hydrogen) atoms. The van der Waals surface area contributed by atoms with Gasteiger partial charge in [-0.05, 0) is 31.9 Å². The molecule has 0 saturated heterocycles. The molecule has 1 aliphatic rings.